The molecule has 4 nitrogen and oxygen atoms in total. The Kier molecular flexibility index (Phi) is 6.12. The molecule has 0 aromatic carbocycles. The van der Waals surface area contributed by atoms with Crippen LogP contribution in [0.25, 0.3) is 0 Å². The molecule has 188 valence electrons. The Hall–Kier alpha value is -1.68. The number of carbonyl (C=O) groups is 2. The van der Waals surface area contributed by atoms with E-state index in [4.69, 9.17) is 5.11 Å². The highest BCUT2D eigenvalue weighted by Gasteiger charge is 2.66. The Morgan fingerprint density at radius 2 is 1.85 bits per heavy atom. The van der Waals surface area contributed by atoms with Gasteiger partial charge in [0.1, 0.15) is 5.78 Å². The molecule has 0 spiro atoms. The highest BCUT2D eigenvalue weighted by atomic mass is 16.4. The summed E-state index contributed by atoms with van der Waals surface area (Å²) >= 11 is 0. The Balaban J connectivity index is 1.66. The Morgan fingerprint density at radius 3 is 2.50 bits per heavy atom. The SMILES string of the molecule is C/C(=C\CC[C@H](C)[C@@H]1C[C@@H](O)[C@]2(C)C3=CCC4C(C)(C)C(=O)CC[C@@]4(C)C3=CC[C@@]12C)C(=O)O. The third-order valence-electron chi connectivity index (χ3n) is 11.2. The molecule has 1 unspecified atom stereocenters. The van der Waals surface area contributed by atoms with E-state index in [1.165, 1.54) is 11.1 Å². The lowest BCUT2D eigenvalue weighted by Gasteiger charge is -2.60. The van der Waals surface area contributed by atoms with E-state index in [0.29, 0.717) is 35.5 Å². The van der Waals surface area contributed by atoms with Crippen molar-refractivity contribution in [3.8, 4) is 0 Å². The van der Waals surface area contributed by atoms with Crippen molar-refractivity contribution < 1.29 is 19.8 Å². The van der Waals surface area contributed by atoms with Gasteiger partial charge in [-0.1, -0.05) is 59.8 Å². The van der Waals surface area contributed by atoms with Crippen LogP contribution in [0.15, 0.2) is 34.9 Å². The van der Waals surface area contributed by atoms with Crippen molar-refractivity contribution in [2.75, 3.05) is 0 Å². The average Bonchev–Trinajstić information content (AvgIpc) is 2.98. The number of fused-ring (bicyclic) bond motifs is 5. The van der Waals surface area contributed by atoms with Gasteiger partial charge < -0.3 is 10.2 Å². The number of aliphatic hydroxyl groups is 1. The van der Waals surface area contributed by atoms with Gasteiger partial charge in [-0.25, -0.2) is 4.79 Å². The molecule has 2 fully saturated rings. The number of rotatable bonds is 5. The van der Waals surface area contributed by atoms with Crippen molar-refractivity contribution >= 4 is 11.8 Å². The summed E-state index contributed by atoms with van der Waals surface area (Å²) in [5, 5.41) is 20.8. The Bertz CT molecular complexity index is 984. The number of hydrogen-bond acceptors (Lipinski definition) is 3. The van der Waals surface area contributed by atoms with Gasteiger partial charge in [-0.3, -0.25) is 4.79 Å². The molecule has 4 heteroatoms. The number of carboxylic acid groups (broad SMARTS) is 1. The number of carboxylic acids is 1. The van der Waals surface area contributed by atoms with Gasteiger partial charge in [-0.05, 0) is 85.2 Å². The Morgan fingerprint density at radius 1 is 1.18 bits per heavy atom. The molecule has 0 aromatic heterocycles. The highest BCUT2D eigenvalue weighted by Crippen LogP contribution is 2.71. The average molecular weight is 469 g/mol. The van der Waals surface area contributed by atoms with Crippen molar-refractivity contribution in [2.45, 2.75) is 99.5 Å². The van der Waals surface area contributed by atoms with E-state index in [-0.39, 0.29) is 21.7 Å². The zero-order valence-electron chi connectivity index (χ0n) is 22.2. The zero-order valence-corrected chi connectivity index (χ0v) is 22.2. The molecule has 0 saturated heterocycles. The van der Waals surface area contributed by atoms with Crippen molar-refractivity contribution in [1.82, 2.24) is 0 Å². The largest absolute Gasteiger partial charge is 0.478 e. The van der Waals surface area contributed by atoms with Crippen molar-refractivity contribution in [1.29, 1.82) is 0 Å². The van der Waals surface area contributed by atoms with Crippen LogP contribution in [0.5, 0.6) is 0 Å². The van der Waals surface area contributed by atoms with Gasteiger partial charge in [0.2, 0.25) is 0 Å². The third-order valence-corrected chi connectivity index (χ3v) is 11.2. The zero-order chi connectivity index (χ0) is 25.3. The summed E-state index contributed by atoms with van der Waals surface area (Å²) in [6.45, 7) is 15.2. The van der Waals surface area contributed by atoms with Crippen LogP contribution in [-0.4, -0.2) is 28.1 Å². The van der Waals surface area contributed by atoms with Gasteiger partial charge in [-0.2, -0.15) is 0 Å². The number of aliphatic hydroxyl groups excluding tert-OH is 1. The topological polar surface area (TPSA) is 74.6 Å². The van der Waals surface area contributed by atoms with Crippen molar-refractivity contribution in [2.24, 2.45) is 39.4 Å². The molecule has 0 radical (unpaired) electrons. The number of carbonyl (C=O) groups excluding carboxylic acids is 1. The Labute approximate surface area is 205 Å². The first-order valence-corrected chi connectivity index (χ1v) is 13.2. The van der Waals surface area contributed by atoms with E-state index >= 15 is 0 Å². The van der Waals surface area contributed by atoms with Gasteiger partial charge in [0.05, 0.1) is 6.10 Å². The van der Waals surface area contributed by atoms with Crippen molar-refractivity contribution in [3.63, 3.8) is 0 Å². The molecule has 4 aliphatic rings. The van der Waals surface area contributed by atoms with Crippen LogP contribution in [-0.2, 0) is 9.59 Å². The minimum absolute atomic E-state index is 0.0194. The van der Waals surface area contributed by atoms with Gasteiger partial charge >= 0.3 is 5.97 Å². The molecule has 0 heterocycles. The lowest BCUT2D eigenvalue weighted by atomic mass is 9.44. The number of aliphatic carboxylic acids is 1. The predicted octanol–water partition coefficient (Wildman–Crippen LogP) is 6.50. The van der Waals surface area contributed by atoms with E-state index in [0.717, 1.165) is 38.5 Å². The molecule has 0 aromatic rings. The number of hydrogen-bond donors (Lipinski definition) is 2. The fraction of sp³-hybridized carbons (Fsp3) is 0.733. The van der Waals surface area contributed by atoms with Crippen molar-refractivity contribution in [3.05, 3.63) is 34.9 Å². The first-order chi connectivity index (χ1) is 15.7. The smallest absolute Gasteiger partial charge is 0.330 e. The van der Waals surface area contributed by atoms with Crippen LogP contribution in [0, 0.1) is 39.4 Å². The van der Waals surface area contributed by atoms with E-state index in [9.17, 15) is 14.7 Å². The highest BCUT2D eigenvalue weighted by molar-refractivity contribution is 5.86. The monoisotopic (exact) mass is 468 g/mol. The molecular formula is C30H44O4. The summed E-state index contributed by atoms with van der Waals surface area (Å²) in [4.78, 5) is 23.9. The summed E-state index contributed by atoms with van der Waals surface area (Å²) in [5.41, 5.74) is 2.46. The summed E-state index contributed by atoms with van der Waals surface area (Å²) in [5.74, 6) is 0.618. The quantitative estimate of drug-likeness (QED) is 0.452. The second-order valence-corrected chi connectivity index (χ2v) is 13.0. The van der Waals surface area contributed by atoms with Crippen LogP contribution in [0.1, 0.15) is 93.4 Å². The second-order valence-electron chi connectivity index (χ2n) is 13.0. The molecule has 0 amide bonds. The second kappa shape index (κ2) is 8.18. The summed E-state index contributed by atoms with van der Waals surface area (Å²) in [6, 6.07) is 0. The molecule has 4 rings (SSSR count). The van der Waals surface area contributed by atoms with Gasteiger partial charge in [0.15, 0.2) is 0 Å². The molecule has 2 saturated carbocycles. The minimum atomic E-state index is -0.850. The standard InChI is InChI=1S/C30H44O4/c1-18(9-8-10-19(2)26(33)34)22-17-25(32)30(7)21-11-12-23-27(3,4)24(31)14-15-28(23,5)20(21)13-16-29(22,30)6/h10-11,13,18,22-23,25,32H,8-9,12,14-17H2,1-7H3,(H,33,34)/b19-10+/t18-,22-,23?,25+,28-,29-,30-/m0/s1. The van der Waals surface area contributed by atoms with Crippen LogP contribution >= 0.6 is 0 Å². The van der Waals surface area contributed by atoms with E-state index in [1.54, 1.807) is 6.92 Å². The molecule has 0 aliphatic heterocycles. The molecule has 0 bridgehead atoms. The number of Topliss-reactive ketones (excluding diaryl/α,β-unsaturated/α-hetero) is 1. The summed E-state index contributed by atoms with van der Waals surface area (Å²) in [7, 11) is 0. The maximum atomic E-state index is 12.8. The first kappa shape index (κ1) is 25.4. The number of allylic oxidation sites excluding steroid dienone is 4. The normalized spacial score (nSPS) is 42.2. The maximum absolute atomic E-state index is 12.8. The molecule has 34 heavy (non-hydrogen) atoms. The van der Waals surface area contributed by atoms with Gasteiger partial charge in [0.25, 0.3) is 0 Å². The summed E-state index contributed by atoms with van der Waals surface area (Å²) in [6.07, 6.45) is 12.2. The van der Waals surface area contributed by atoms with Crippen LogP contribution in [0.3, 0.4) is 0 Å². The minimum Gasteiger partial charge on any atom is -0.478 e. The summed E-state index contributed by atoms with van der Waals surface area (Å²) < 4.78 is 0. The number of ketones is 1. The van der Waals surface area contributed by atoms with E-state index < -0.39 is 12.1 Å². The fourth-order valence-electron chi connectivity index (χ4n) is 8.60. The molecule has 7 atom stereocenters. The molecule has 4 aliphatic carbocycles. The van der Waals surface area contributed by atoms with Crippen LogP contribution < -0.4 is 0 Å². The first-order valence-electron chi connectivity index (χ1n) is 13.2. The van der Waals surface area contributed by atoms with Crippen LogP contribution in [0.2, 0.25) is 0 Å². The molecular weight excluding hydrogens is 424 g/mol. The van der Waals surface area contributed by atoms with Crippen LogP contribution in [0.4, 0.5) is 0 Å². The van der Waals surface area contributed by atoms with Gasteiger partial charge in [-0.15, -0.1) is 0 Å². The molecule has 2 N–H and O–H groups in total. The lowest BCUT2D eigenvalue weighted by molar-refractivity contribution is -0.138. The fourth-order valence-corrected chi connectivity index (χ4v) is 8.60. The van der Waals surface area contributed by atoms with E-state index in [2.05, 4.69) is 53.7 Å². The predicted molar refractivity (Wildman–Crippen MR) is 135 cm³/mol. The van der Waals surface area contributed by atoms with E-state index in [1.807, 2.05) is 6.08 Å². The third kappa shape index (κ3) is 3.34. The lowest BCUT2D eigenvalue weighted by Crippen LogP contribution is -2.54. The maximum Gasteiger partial charge on any atom is 0.330 e. The van der Waals surface area contributed by atoms with Gasteiger partial charge in [0, 0.05) is 22.8 Å².